The summed E-state index contributed by atoms with van der Waals surface area (Å²) >= 11 is 0. The van der Waals surface area contributed by atoms with Crippen LogP contribution in [0.4, 0.5) is 0 Å². The molecule has 19 heavy (non-hydrogen) atoms. The fraction of sp³-hybridized carbons (Fsp3) is 0.769. The van der Waals surface area contributed by atoms with E-state index in [0.29, 0.717) is 0 Å². The van der Waals surface area contributed by atoms with Crippen LogP contribution in [0.1, 0.15) is 13.3 Å². The zero-order valence-electron chi connectivity index (χ0n) is 12.4. The van der Waals surface area contributed by atoms with Gasteiger partial charge in [0.1, 0.15) is 0 Å². The summed E-state index contributed by atoms with van der Waals surface area (Å²) in [6.07, 6.45) is 2.87. The number of likely N-dealkylation sites (N-methyl/N-ethyl adjacent to an activating group) is 1. The molecule has 0 atom stereocenters. The number of nitrogens with one attached hydrogen (secondary N) is 2. The average molecular weight is 384 g/mol. The maximum Gasteiger partial charge on any atom is 0.191 e. The van der Waals surface area contributed by atoms with Crippen LogP contribution >= 0.6 is 24.0 Å². The normalized spacial score (nSPS) is 11.1. The van der Waals surface area contributed by atoms with Crippen molar-refractivity contribution in [2.24, 2.45) is 4.99 Å². The number of halogens is 1. The molecule has 6 heteroatoms. The van der Waals surface area contributed by atoms with Gasteiger partial charge < -0.3 is 20.3 Å². The molecule has 0 aliphatic carbocycles. The van der Waals surface area contributed by atoms with Crippen molar-refractivity contribution >= 4 is 29.9 Å². The summed E-state index contributed by atoms with van der Waals surface area (Å²) < 4.78 is 5.03. The summed E-state index contributed by atoms with van der Waals surface area (Å²) in [6.45, 7) is 11.0. The van der Waals surface area contributed by atoms with Crippen LogP contribution in [-0.4, -0.2) is 64.3 Å². The van der Waals surface area contributed by atoms with E-state index < -0.39 is 0 Å². The third-order valence-electron chi connectivity index (χ3n) is 2.40. The van der Waals surface area contributed by atoms with E-state index in [9.17, 15) is 0 Å². The zero-order valence-corrected chi connectivity index (χ0v) is 14.8. The van der Waals surface area contributed by atoms with Gasteiger partial charge in [0.25, 0.3) is 0 Å². The topological polar surface area (TPSA) is 48.9 Å². The third kappa shape index (κ3) is 13.9. The molecule has 0 fully saturated rings. The number of nitrogens with zero attached hydrogens (tertiary/aromatic N) is 2. The van der Waals surface area contributed by atoms with Crippen molar-refractivity contribution in [1.29, 1.82) is 0 Å². The SMILES string of the molecule is C=CCNC(=NCCCN(C)CCOC)NCC.I. The highest BCUT2D eigenvalue weighted by molar-refractivity contribution is 14.0. The summed E-state index contributed by atoms with van der Waals surface area (Å²) in [4.78, 5) is 6.75. The molecule has 0 unspecified atom stereocenters. The Morgan fingerprint density at radius 3 is 2.68 bits per heavy atom. The van der Waals surface area contributed by atoms with Crippen molar-refractivity contribution in [3.05, 3.63) is 12.7 Å². The molecular weight excluding hydrogens is 355 g/mol. The molecular formula is C13H29IN4O. The van der Waals surface area contributed by atoms with E-state index in [0.717, 1.165) is 51.7 Å². The predicted octanol–water partition coefficient (Wildman–Crippen LogP) is 1.31. The van der Waals surface area contributed by atoms with Crippen LogP contribution in [0, 0.1) is 0 Å². The van der Waals surface area contributed by atoms with E-state index in [1.54, 1.807) is 7.11 Å². The molecule has 0 radical (unpaired) electrons. The van der Waals surface area contributed by atoms with Crippen LogP contribution in [-0.2, 0) is 4.74 Å². The van der Waals surface area contributed by atoms with E-state index in [4.69, 9.17) is 4.74 Å². The predicted molar refractivity (Wildman–Crippen MR) is 93.6 cm³/mol. The van der Waals surface area contributed by atoms with E-state index in [1.807, 2.05) is 6.08 Å². The number of hydrogen-bond acceptors (Lipinski definition) is 3. The largest absolute Gasteiger partial charge is 0.383 e. The Morgan fingerprint density at radius 2 is 2.11 bits per heavy atom. The van der Waals surface area contributed by atoms with E-state index >= 15 is 0 Å². The minimum atomic E-state index is 0. The van der Waals surface area contributed by atoms with Gasteiger partial charge in [0.05, 0.1) is 6.61 Å². The minimum absolute atomic E-state index is 0. The summed E-state index contributed by atoms with van der Waals surface area (Å²) in [6, 6.07) is 0. The van der Waals surface area contributed by atoms with Gasteiger partial charge in [-0.05, 0) is 26.9 Å². The Kier molecular flexibility index (Phi) is 17.3. The summed E-state index contributed by atoms with van der Waals surface area (Å²) in [5, 5.41) is 6.38. The van der Waals surface area contributed by atoms with Gasteiger partial charge >= 0.3 is 0 Å². The molecule has 0 aromatic carbocycles. The molecule has 0 saturated carbocycles. The fourth-order valence-corrected chi connectivity index (χ4v) is 1.40. The number of guanidine groups is 1. The smallest absolute Gasteiger partial charge is 0.191 e. The van der Waals surface area contributed by atoms with Crippen LogP contribution in [0.5, 0.6) is 0 Å². The molecule has 0 saturated heterocycles. The number of rotatable bonds is 10. The maximum atomic E-state index is 5.03. The van der Waals surface area contributed by atoms with Gasteiger partial charge in [-0.2, -0.15) is 0 Å². The highest BCUT2D eigenvalue weighted by atomic mass is 127. The van der Waals surface area contributed by atoms with Crippen LogP contribution in [0.2, 0.25) is 0 Å². The number of ether oxygens (including phenoxy) is 1. The highest BCUT2D eigenvalue weighted by Crippen LogP contribution is 1.88. The van der Waals surface area contributed by atoms with Gasteiger partial charge in [0.2, 0.25) is 0 Å². The Hall–Kier alpha value is -0.340. The maximum absolute atomic E-state index is 5.03. The van der Waals surface area contributed by atoms with Crippen molar-refractivity contribution in [2.75, 3.05) is 53.5 Å². The monoisotopic (exact) mass is 384 g/mol. The van der Waals surface area contributed by atoms with Crippen molar-refractivity contribution in [1.82, 2.24) is 15.5 Å². The lowest BCUT2D eigenvalue weighted by molar-refractivity contribution is 0.161. The van der Waals surface area contributed by atoms with Crippen LogP contribution in [0.25, 0.3) is 0 Å². The minimum Gasteiger partial charge on any atom is -0.383 e. The molecule has 0 rings (SSSR count). The quantitative estimate of drug-likeness (QED) is 0.196. The highest BCUT2D eigenvalue weighted by Gasteiger charge is 1.98. The fourth-order valence-electron chi connectivity index (χ4n) is 1.40. The molecule has 0 aromatic heterocycles. The van der Waals surface area contributed by atoms with E-state index in [-0.39, 0.29) is 24.0 Å². The lowest BCUT2D eigenvalue weighted by Crippen LogP contribution is -2.37. The van der Waals surface area contributed by atoms with Crippen molar-refractivity contribution < 1.29 is 4.74 Å². The van der Waals surface area contributed by atoms with Crippen molar-refractivity contribution in [3.63, 3.8) is 0 Å². The van der Waals surface area contributed by atoms with Gasteiger partial charge in [0, 0.05) is 33.3 Å². The molecule has 0 aromatic rings. The molecule has 114 valence electrons. The van der Waals surface area contributed by atoms with Crippen LogP contribution < -0.4 is 10.6 Å². The lowest BCUT2D eigenvalue weighted by Gasteiger charge is -2.15. The van der Waals surface area contributed by atoms with Crippen LogP contribution in [0.15, 0.2) is 17.6 Å². The molecule has 0 bridgehead atoms. The molecule has 0 heterocycles. The van der Waals surface area contributed by atoms with E-state index in [2.05, 4.69) is 41.1 Å². The van der Waals surface area contributed by atoms with Gasteiger partial charge in [-0.3, -0.25) is 4.99 Å². The number of aliphatic imine (C=N–C) groups is 1. The molecule has 0 aliphatic heterocycles. The number of methoxy groups -OCH3 is 1. The zero-order chi connectivity index (χ0) is 13.6. The van der Waals surface area contributed by atoms with Gasteiger partial charge in [-0.15, -0.1) is 30.6 Å². The molecule has 5 nitrogen and oxygen atoms in total. The third-order valence-corrected chi connectivity index (χ3v) is 2.40. The summed E-state index contributed by atoms with van der Waals surface area (Å²) in [5.74, 6) is 0.858. The number of hydrogen-bond donors (Lipinski definition) is 2. The molecule has 0 spiro atoms. The second-order valence-electron chi connectivity index (χ2n) is 4.08. The Bertz CT molecular complexity index is 237. The second kappa shape index (κ2) is 15.7. The second-order valence-corrected chi connectivity index (χ2v) is 4.08. The molecule has 0 aliphatic rings. The molecule has 0 amide bonds. The van der Waals surface area contributed by atoms with Crippen LogP contribution in [0.3, 0.4) is 0 Å². The van der Waals surface area contributed by atoms with Gasteiger partial charge in [-0.1, -0.05) is 6.08 Å². The summed E-state index contributed by atoms with van der Waals surface area (Å²) in [5.41, 5.74) is 0. The molecule has 2 N–H and O–H groups in total. The summed E-state index contributed by atoms with van der Waals surface area (Å²) in [7, 11) is 3.83. The Labute approximate surface area is 134 Å². The van der Waals surface area contributed by atoms with Gasteiger partial charge in [-0.25, -0.2) is 0 Å². The standard InChI is InChI=1S/C13H28N4O.HI/c1-5-8-15-13(14-6-2)16-9-7-10-17(3)11-12-18-4;/h5H,1,6-12H2,2-4H3,(H2,14,15,16);1H. The first-order valence-electron chi connectivity index (χ1n) is 6.55. The van der Waals surface area contributed by atoms with Crippen molar-refractivity contribution in [3.8, 4) is 0 Å². The lowest BCUT2D eigenvalue weighted by atomic mass is 10.4. The average Bonchev–Trinajstić information content (AvgIpc) is 2.38. The van der Waals surface area contributed by atoms with Gasteiger partial charge in [0.15, 0.2) is 5.96 Å². The Morgan fingerprint density at radius 1 is 1.37 bits per heavy atom. The first kappa shape index (κ1) is 21.0. The van der Waals surface area contributed by atoms with E-state index in [1.165, 1.54) is 0 Å². The Balaban J connectivity index is 0. The first-order chi connectivity index (χ1) is 8.74. The van der Waals surface area contributed by atoms with Crippen molar-refractivity contribution in [2.45, 2.75) is 13.3 Å². The first-order valence-corrected chi connectivity index (χ1v) is 6.55.